The smallest absolute Gasteiger partial charge is 0.410 e. The molecule has 19 heavy (non-hydrogen) atoms. The summed E-state index contributed by atoms with van der Waals surface area (Å²) in [5, 5.41) is 0. The van der Waals surface area contributed by atoms with Crippen LogP contribution >= 0.6 is 0 Å². The topological polar surface area (TPSA) is 32.8 Å². The van der Waals surface area contributed by atoms with Crippen LogP contribution < -0.4 is 0 Å². The summed E-state index contributed by atoms with van der Waals surface area (Å²) in [4.78, 5) is 16.3. The summed E-state index contributed by atoms with van der Waals surface area (Å²) >= 11 is 0. The Bertz CT molecular complexity index is 282. The van der Waals surface area contributed by atoms with E-state index in [0.29, 0.717) is 5.92 Å². The van der Waals surface area contributed by atoms with E-state index in [4.69, 9.17) is 4.74 Å². The van der Waals surface area contributed by atoms with E-state index in [9.17, 15) is 4.79 Å². The Morgan fingerprint density at radius 3 is 2.47 bits per heavy atom. The van der Waals surface area contributed by atoms with Crippen LogP contribution in [0.2, 0.25) is 0 Å². The molecule has 4 heteroatoms. The molecule has 0 radical (unpaired) electrons. The summed E-state index contributed by atoms with van der Waals surface area (Å²) in [6, 6.07) is 0. The third kappa shape index (κ3) is 5.81. The van der Waals surface area contributed by atoms with Gasteiger partial charge in [-0.3, -0.25) is 0 Å². The van der Waals surface area contributed by atoms with E-state index in [1.165, 1.54) is 6.42 Å². The number of ether oxygens (including phenoxy) is 1. The Labute approximate surface area is 118 Å². The molecule has 0 aromatic rings. The lowest BCUT2D eigenvalue weighted by Gasteiger charge is -2.24. The van der Waals surface area contributed by atoms with Gasteiger partial charge in [-0.25, -0.2) is 4.79 Å². The summed E-state index contributed by atoms with van der Waals surface area (Å²) in [6.45, 7) is 15.2. The first-order valence-corrected chi connectivity index (χ1v) is 7.56. The summed E-state index contributed by atoms with van der Waals surface area (Å²) < 4.78 is 5.41. The zero-order chi connectivity index (χ0) is 14.5. The van der Waals surface area contributed by atoms with Gasteiger partial charge in [-0.1, -0.05) is 13.8 Å². The molecule has 1 saturated heterocycles. The van der Waals surface area contributed by atoms with Crippen LogP contribution in [-0.4, -0.2) is 54.2 Å². The summed E-state index contributed by atoms with van der Waals surface area (Å²) in [6.07, 6.45) is 2.14. The minimum atomic E-state index is -0.392. The summed E-state index contributed by atoms with van der Waals surface area (Å²) in [5.41, 5.74) is -0.392. The van der Waals surface area contributed by atoms with Crippen molar-refractivity contribution >= 4 is 6.09 Å². The highest BCUT2D eigenvalue weighted by molar-refractivity contribution is 5.68. The molecule has 0 aliphatic carbocycles. The van der Waals surface area contributed by atoms with Crippen LogP contribution in [0.1, 0.15) is 47.5 Å². The van der Waals surface area contributed by atoms with Crippen molar-refractivity contribution in [2.75, 3.05) is 32.7 Å². The number of likely N-dealkylation sites (tertiary alicyclic amines) is 1. The van der Waals surface area contributed by atoms with Crippen molar-refractivity contribution in [1.29, 1.82) is 0 Å². The van der Waals surface area contributed by atoms with Gasteiger partial charge in [-0.2, -0.15) is 0 Å². The average Bonchev–Trinajstić information content (AvgIpc) is 2.77. The monoisotopic (exact) mass is 270 g/mol. The highest BCUT2D eigenvalue weighted by atomic mass is 16.6. The van der Waals surface area contributed by atoms with Crippen molar-refractivity contribution in [3.63, 3.8) is 0 Å². The maximum atomic E-state index is 12.0. The first-order valence-electron chi connectivity index (χ1n) is 7.56. The first-order chi connectivity index (χ1) is 8.85. The molecule has 1 heterocycles. The zero-order valence-electron chi connectivity index (χ0n) is 13.2. The fraction of sp³-hybridized carbons (Fsp3) is 0.933. The van der Waals surface area contributed by atoms with E-state index < -0.39 is 5.60 Å². The minimum absolute atomic E-state index is 0.155. The lowest BCUT2D eigenvalue weighted by Crippen LogP contribution is -2.35. The number of nitrogens with zero attached hydrogens (tertiary/aromatic N) is 2. The van der Waals surface area contributed by atoms with E-state index in [1.54, 1.807) is 0 Å². The average molecular weight is 270 g/mol. The van der Waals surface area contributed by atoms with Gasteiger partial charge in [0, 0.05) is 13.1 Å². The van der Waals surface area contributed by atoms with Crippen molar-refractivity contribution < 1.29 is 9.53 Å². The molecule has 0 aromatic heterocycles. The zero-order valence-corrected chi connectivity index (χ0v) is 13.2. The molecular formula is C15H30N2O2. The quantitative estimate of drug-likeness (QED) is 0.770. The molecule has 0 aromatic carbocycles. The van der Waals surface area contributed by atoms with Crippen LogP contribution in [0.5, 0.6) is 0 Å². The maximum Gasteiger partial charge on any atom is 0.410 e. The number of amides is 1. The highest BCUT2D eigenvalue weighted by Crippen LogP contribution is 2.22. The molecule has 1 amide bonds. The SMILES string of the molecule is CCN(CC)CCC1CCN(C(=O)OC(C)(C)C)C1. The van der Waals surface area contributed by atoms with Gasteiger partial charge in [-0.05, 0) is 59.2 Å². The van der Waals surface area contributed by atoms with Gasteiger partial charge in [0.1, 0.15) is 5.60 Å². The number of hydrogen-bond donors (Lipinski definition) is 0. The van der Waals surface area contributed by atoms with Crippen LogP contribution in [0.3, 0.4) is 0 Å². The van der Waals surface area contributed by atoms with Gasteiger partial charge >= 0.3 is 6.09 Å². The second kappa shape index (κ2) is 7.13. The third-order valence-corrected chi connectivity index (χ3v) is 3.69. The fourth-order valence-corrected chi connectivity index (χ4v) is 2.47. The number of rotatable bonds is 5. The van der Waals surface area contributed by atoms with E-state index in [2.05, 4.69) is 18.7 Å². The van der Waals surface area contributed by atoms with Gasteiger partial charge < -0.3 is 14.5 Å². The molecule has 0 bridgehead atoms. The number of carbonyl (C=O) groups is 1. The molecule has 0 saturated carbocycles. The molecule has 1 aliphatic rings. The van der Waals surface area contributed by atoms with Crippen molar-refractivity contribution in [3.05, 3.63) is 0 Å². The summed E-state index contributed by atoms with van der Waals surface area (Å²) in [7, 11) is 0. The largest absolute Gasteiger partial charge is 0.444 e. The van der Waals surface area contributed by atoms with Crippen molar-refractivity contribution in [2.24, 2.45) is 5.92 Å². The van der Waals surface area contributed by atoms with Crippen LogP contribution in [0.25, 0.3) is 0 Å². The van der Waals surface area contributed by atoms with E-state index in [-0.39, 0.29) is 6.09 Å². The van der Waals surface area contributed by atoms with E-state index in [0.717, 1.165) is 39.1 Å². The second-order valence-corrected chi connectivity index (χ2v) is 6.40. The van der Waals surface area contributed by atoms with E-state index >= 15 is 0 Å². The maximum absolute atomic E-state index is 12.0. The molecule has 1 rings (SSSR count). The van der Waals surface area contributed by atoms with Crippen LogP contribution in [-0.2, 0) is 4.74 Å². The van der Waals surface area contributed by atoms with Gasteiger partial charge in [0.15, 0.2) is 0 Å². The van der Waals surface area contributed by atoms with Crippen LogP contribution in [0, 0.1) is 5.92 Å². The molecule has 0 spiro atoms. The molecule has 112 valence electrons. The fourth-order valence-electron chi connectivity index (χ4n) is 2.47. The minimum Gasteiger partial charge on any atom is -0.444 e. The number of carbonyl (C=O) groups excluding carboxylic acids is 1. The van der Waals surface area contributed by atoms with Crippen LogP contribution in [0.15, 0.2) is 0 Å². The van der Waals surface area contributed by atoms with Gasteiger partial charge in [0.25, 0.3) is 0 Å². The first kappa shape index (κ1) is 16.3. The lowest BCUT2D eigenvalue weighted by molar-refractivity contribution is 0.0287. The van der Waals surface area contributed by atoms with Crippen molar-refractivity contribution in [2.45, 2.75) is 53.1 Å². The molecule has 1 atom stereocenters. The standard InChI is InChI=1S/C15H30N2O2/c1-6-16(7-2)10-8-13-9-11-17(12-13)14(18)19-15(3,4)5/h13H,6-12H2,1-5H3. The Balaban J connectivity index is 2.31. The van der Waals surface area contributed by atoms with Crippen molar-refractivity contribution in [3.8, 4) is 0 Å². The third-order valence-electron chi connectivity index (χ3n) is 3.69. The van der Waals surface area contributed by atoms with E-state index in [1.807, 2.05) is 25.7 Å². The predicted molar refractivity (Wildman–Crippen MR) is 78.3 cm³/mol. The normalized spacial score (nSPS) is 20.1. The molecule has 1 aliphatic heterocycles. The number of hydrogen-bond acceptors (Lipinski definition) is 3. The Kier molecular flexibility index (Phi) is 6.11. The second-order valence-electron chi connectivity index (χ2n) is 6.40. The van der Waals surface area contributed by atoms with Crippen LogP contribution in [0.4, 0.5) is 4.79 Å². The van der Waals surface area contributed by atoms with Gasteiger partial charge in [0.2, 0.25) is 0 Å². The Hall–Kier alpha value is -0.770. The molecule has 1 unspecified atom stereocenters. The van der Waals surface area contributed by atoms with Gasteiger partial charge in [0.05, 0.1) is 0 Å². The van der Waals surface area contributed by atoms with Gasteiger partial charge in [-0.15, -0.1) is 0 Å². The molecule has 0 N–H and O–H groups in total. The lowest BCUT2D eigenvalue weighted by atomic mass is 10.0. The molecular weight excluding hydrogens is 240 g/mol. The Morgan fingerprint density at radius 2 is 1.95 bits per heavy atom. The molecule has 4 nitrogen and oxygen atoms in total. The predicted octanol–water partition coefficient (Wildman–Crippen LogP) is 2.98. The Morgan fingerprint density at radius 1 is 1.32 bits per heavy atom. The summed E-state index contributed by atoms with van der Waals surface area (Å²) in [5.74, 6) is 0.633. The molecule has 1 fully saturated rings. The van der Waals surface area contributed by atoms with Crippen molar-refractivity contribution in [1.82, 2.24) is 9.80 Å². The highest BCUT2D eigenvalue weighted by Gasteiger charge is 2.29.